The summed E-state index contributed by atoms with van der Waals surface area (Å²) < 4.78 is 5.63. The van der Waals surface area contributed by atoms with E-state index >= 15 is 0 Å². The summed E-state index contributed by atoms with van der Waals surface area (Å²) in [5, 5.41) is 9.04. The summed E-state index contributed by atoms with van der Waals surface area (Å²) in [6.45, 7) is 2.17. The maximum Gasteiger partial charge on any atom is 0.237 e. The number of pyridine rings is 1. The minimum absolute atomic E-state index is 0.281. The molecule has 0 radical (unpaired) electrons. The third kappa shape index (κ3) is 3.48. The zero-order valence-corrected chi connectivity index (χ0v) is 11.5. The van der Waals surface area contributed by atoms with Crippen LogP contribution in [0.15, 0.2) is 36.5 Å². The van der Waals surface area contributed by atoms with Gasteiger partial charge in [-0.2, -0.15) is 5.26 Å². The molecule has 0 spiro atoms. The second-order valence-corrected chi connectivity index (χ2v) is 4.58. The van der Waals surface area contributed by atoms with Gasteiger partial charge in [-0.3, -0.25) is 0 Å². The Bertz CT molecular complexity index is 615. The molecular formula is C16H17N3O. The molecule has 0 atom stereocenters. The molecule has 1 aromatic carbocycles. The number of nitrogens with two attached hydrogens (primary N) is 1. The van der Waals surface area contributed by atoms with Crippen molar-refractivity contribution in [2.24, 2.45) is 0 Å². The lowest BCUT2D eigenvalue weighted by Crippen LogP contribution is -1.95. The SMILES string of the molecule is CCCCc1ccc(Oc2ncc(N)cc2C#N)cc1. The van der Waals surface area contributed by atoms with Gasteiger partial charge in [0.1, 0.15) is 17.4 Å². The fourth-order valence-corrected chi connectivity index (χ4v) is 1.85. The van der Waals surface area contributed by atoms with Crippen molar-refractivity contribution < 1.29 is 4.74 Å². The standard InChI is InChI=1S/C16H17N3O/c1-2-3-4-12-5-7-15(8-6-12)20-16-13(10-17)9-14(18)11-19-16/h5-9,11H,2-4,18H2,1H3. The van der Waals surface area contributed by atoms with Crippen LogP contribution in [0, 0.1) is 11.3 Å². The monoisotopic (exact) mass is 267 g/mol. The zero-order valence-electron chi connectivity index (χ0n) is 11.5. The van der Waals surface area contributed by atoms with Crippen LogP contribution >= 0.6 is 0 Å². The number of benzene rings is 1. The van der Waals surface area contributed by atoms with E-state index in [0.717, 1.165) is 6.42 Å². The van der Waals surface area contributed by atoms with Gasteiger partial charge in [-0.25, -0.2) is 4.98 Å². The van der Waals surface area contributed by atoms with Gasteiger partial charge in [0.25, 0.3) is 0 Å². The summed E-state index contributed by atoms with van der Waals surface area (Å²) in [6, 6.07) is 11.4. The van der Waals surface area contributed by atoms with Crippen molar-refractivity contribution >= 4 is 5.69 Å². The van der Waals surface area contributed by atoms with Gasteiger partial charge >= 0.3 is 0 Å². The molecule has 0 fully saturated rings. The molecule has 0 aliphatic rings. The number of aromatic nitrogens is 1. The number of unbranched alkanes of at least 4 members (excludes halogenated alkanes) is 1. The Morgan fingerprint density at radius 1 is 1.30 bits per heavy atom. The van der Waals surface area contributed by atoms with Gasteiger partial charge in [0, 0.05) is 0 Å². The van der Waals surface area contributed by atoms with Gasteiger partial charge < -0.3 is 10.5 Å². The van der Waals surface area contributed by atoms with Crippen molar-refractivity contribution in [1.29, 1.82) is 5.26 Å². The average molecular weight is 267 g/mol. The van der Waals surface area contributed by atoms with E-state index < -0.39 is 0 Å². The lowest BCUT2D eigenvalue weighted by atomic mass is 10.1. The summed E-state index contributed by atoms with van der Waals surface area (Å²) in [5.74, 6) is 0.946. The number of nitrogen functional groups attached to an aromatic ring is 1. The Morgan fingerprint density at radius 2 is 2.05 bits per heavy atom. The van der Waals surface area contributed by atoms with E-state index in [1.165, 1.54) is 24.6 Å². The predicted octanol–water partition coefficient (Wildman–Crippen LogP) is 3.67. The number of aryl methyl sites for hydroxylation is 1. The second kappa shape index (κ2) is 6.58. The molecule has 0 aliphatic heterocycles. The van der Waals surface area contributed by atoms with Crippen LogP contribution in [-0.2, 0) is 6.42 Å². The van der Waals surface area contributed by atoms with Gasteiger partial charge in [-0.15, -0.1) is 0 Å². The van der Waals surface area contributed by atoms with Crippen LogP contribution in [0.25, 0.3) is 0 Å². The molecule has 4 heteroatoms. The van der Waals surface area contributed by atoms with Crippen molar-refractivity contribution in [3.05, 3.63) is 47.7 Å². The van der Waals surface area contributed by atoms with E-state index in [2.05, 4.69) is 11.9 Å². The Labute approximate surface area is 118 Å². The summed E-state index contributed by atoms with van der Waals surface area (Å²) >= 11 is 0. The van der Waals surface area contributed by atoms with Gasteiger partial charge in [0.2, 0.25) is 5.88 Å². The van der Waals surface area contributed by atoms with Crippen molar-refractivity contribution in [3.63, 3.8) is 0 Å². The number of hydrogen-bond donors (Lipinski definition) is 1. The first kappa shape index (κ1) is 13.9. The first-order chi connectivity index (χ1) is 9.72. The van der Waals surface area contributed by atoms with E-state index in [9.17, 15) is 0 Å². The molecule has 2 aromatic rings. The molecule has 2 rings (SSSR count). The van der Waals surface area contributed by atoms with Crippen LogP contribution in [0.1, 0.15) is 30.9 Å². The Morgan fingerprint density at radius 3 is 2.70 bits per heavy atom. The number of anilines is 1. The quantitative estimate of drug-likeness (QED) is 0.897. The van der Waals surface area contributed by atoms with Gasteiger partial charge in [-0.1, -0.05) is 25.5 Å². The predicted molar refractivity (Wildman–Crippen MR) is 78.5 cm³/mol. The van der Waals surface area contributed by atoms with Crippen molar-refractivity contribution in [2.45, 2.75) is 26.2 Å². The van der Waals surface area contributed by atoms with E-state index in [1.54, 1.807) is 6.07 Å². The highest BCUT2D eigenvalue weighted by Crippen LogP contribution is 2.24. The maximum atomic E-state index is 9.04. The molecular weight excluding hydrogens is 250 g/mol. The maximum absolute atomic E-state index is 9.04. The molecule has 4 nitrogen and oxygen atoms in total. The molecule has 0 saturated carbocycles. The van der Waals surface area contributed by atoms with Crippen LogP contribution in [0.5, 0.6) is 11.6 Å². The van der Waals surface area contributed by atoms with Gasteiger partial charge in [-0.05, 0) is 36.6 Å². The first-order valence-electron chi connectivity index (χ1n) is 6.65. The normalized spacial score (nSPS) is 10.0. The highest BCUT2D eigenvalue weighted by Gasteiger charge is 2.07. The topological polar surface area (TPSA) is 71.9 Å². The summed E-state index contributed by atoms with van der Waals surface area (Å²) in [5.41, 5.74) is 7.66. The fraction of sp³-hybridized carbons (Fsp3) is 0.250. The molecule has 0 aliphatic carbocycles. The Balaban J connectivity index is 2.12. The number of hydrogen-bond acceptors (Lipinski definition) is 4. The molecule has 0 amide bonds. The van der Waals surface area contributed by atoms with Crippen molar-refractivity contribution in [1.82, 2.24) is 4.98 Å². The second-order valence-electron chi connectivity index (χ2n) is 4.58. The summed E-state index contributed by atoms with van der Waals surface area (Å²) in [7, 11) is 0. The van der Waals surface area contributed by atoms with Crippen LogP contribution in [0.4, 0.5) is 5.69 Å². The largest absolute Gasteiger partial charge is 0.438 e. The summed E-state index contributed by atoms with van der Waals surface area (Å²) in [6.07, 6.45) is 4.91. The number of ether oxygens (including phenoxy) is 1. The van der Waals surface area contributed by atoms with Crippen molar-refractivity contribution in [2.75, 3.05) is 5.73 Å². The Hall–Kier alpha value is -2.54. The van der Waals surface area contributed by atoms with Crippen LogP contribution in [0.2, 0.25) is 0 Å². The molecule has 1 heterocycles. The smallest absolute Gasteiger partial charge is 0.237 e. The van der Waals surface area contributed by atoms with E-state index in [4.69, 9.17) is 15.7 Å². The minimum Gasteiger partial charge on any atom is -0.438 e. The van der Waals surface area contributed by atoms with E-state index in [0.29, 0.717) is 17.0 Å². The molecule has 0 saturated heterocycles. The Kier molecular flexibility index (Phi) is 4.56. The fourth-order valence-electron chi connectivity index (χ4n) is 1.85. The number of nitrogens with zero attached hydrogens (tertiary/aromatic N) is 2. The molecule has 102 valence electrons. The van der Waals surface area contributed by atoms with E-state index in [1.807, 2.05) is 30.3 Å². The molecule has 0 unspecified atom stereocenters. The van der Waals surface area contributed by atoms with Gasteiger partial charge in [0.15, 0.2) is 0 Å². The van der Waals surface area contributed by atoms with Crippen LogP contribution < -0.4 is 10.5 Å². The minimum atomic E-state index is 0.281. The van der Waals surface area contributed by atoms with Crippen LogP contribution in [0.3, 0.4) is 0 Å². The lowest BCUT2D eigenvalue weighted by Gasteiger charge is -2.07. The molecule has 20 heavy (non-hydrogen) atoms. The third-order valence-electron chi connectivity index (χ3n) is 2.95. The third-order valence-corrected chi connectivity index (χ3v) is 2.95. The van der Waals surface area contributed by atoms with Crippen LogP contribution in [-0.4, -0.2) is 4.98 Å². The zero-order chi connectivity index (χ0) is 14.4. The average Bonchev–Trinajstić information content (AvgIpc) is 2.48. The summed E-state index contributed by atoms with van der Waals surface area (Å²) in [4.78, 5) is 4.05. The number of nitriles is 1. The lowest BCUT2D eigenvalue weighted by molar-refractivity contribution is 0.461. The highest BCUT2D eigenvalue weighted by molar-refractivity contribution is 5.49. The van der Waals surface area contributed by atoms with E-state index in [-0.39, 0.29) is 5.88 Å². The van der Waals surface area contributed by atoms with Gasteiger partial charge in [0.05, 0.1) is 11.9 Å². The molecule has 1 aromatic heterocycles. The first-order valence-corrected chi connectivity index (χ1v) is 6.65. The molecule has 0 bridgehead atoms. The molecule has 2 N–H and O–H groups in total. The number of rotatable bonds is 5. The highest BCUT2D eigenvalue weighted by atomic mass is 16.5. The van der Waals surface area contributed by atoms with Crippen molar-refractivity contribution in [3.8, 4) is 17.7 Å².